The zero-order valence-electron chi connectivity index (χ0n) is 8.40. The van der Waals surface area contributed by atoms with E-state index in [1.165, 1.54) is 12.1 Å². The minimum atomic E-state index is -3.29. The third-order valence-corrected chi connectivity index (χ3v) is 1.88. The van der Waals surface area contributed by atoms with Gasteiger partial charge in [-0.15, -0.1) is 0 Å². The Balaban J connectivity index is 3.14. The van der Waals surface area contributed by atoms with Crippen LogP contribution in [0, 0.1) is 13.8 Å². The summed E-state index contributed by atoms with van der Waals surface area (Å²) in [6, 6.07) is 4.80. The highest BCUT2D eigenvalue weighted by Crippen LogP contribution is 2.20. The molecule has 76 valence electrons. The molecule has 1 nitrogen and oxygen atoms in total. The molecule has 0 unspecified atom stereocenters. The van der Waals surface area contributed by atoms with Crippen LogP contribution < -0.4 is 0 Å². The van der Waals surface area contributed by atoms with Crippen LogP contribution in [0.4, 0.5) is 8.78 Å². The van der Waals surface area contributed by atoms with Gasteiger partial charge in [-0.25, -0.2) is 0 Å². The van der Waals surface area contributed by atoms with Crippen molar-refractivity contribution >= 4 is 5.78 Å². The molecule has 0 aliphatic carbocycles. The topological polar surface area (TPSA) is 17.1 Å². The number of aryl methyl sites for hydroxylation is 2. The molecule has 0 atom stereocenters. The Bertz CT molecular complexity index is 344. The quantitative estimate of drug-likeness (QED) is 0.667. The van der Waals surface area contributed by atoms with Crippen LogP contribution in [0.3, 0.4) is 0 Å². The molecule has 1 rings (SSSR count). The van der Waals surface area contributed by atoms with Crippen LogP contribution in [-0.4, -0.2) is 11.7 Å². The SMILES string of the molecule is Cc1cc(C)cc(C(=O)C(C)(F)F)c1. The van der Waals surface area contributed by atoms with Gasteiger partial charge in [0.25, 0.3) is 0 Å². The van der Waals surface area contributed by atoms with Crippen molar-refractivity contribution in [3.8, 4) is 0 Å². The van der Waals surface area contributed by atoms with Crippen LogP contribution in [0.5, 0.6) is 0 Å². The molecule has 1 aromatic rings. The van der Waals surface area contributed by atoms with Crippen LogP contribution >= 0.6 is 0 Å². The zero-order valence-corrected chi connectivity index (χ0v) is 8.40. The first-order valence-corrected chi connectivity index (χ1v) is 4.31. The van der Waals surface area contributed by atoms with Crippen molar-refractivity contribution in [2.75, 3.05) is 0 Å². The van der Waals surface area contributed by atoms with E-state index in [2.05, 4.69) is 0 Å². The minimum absolute atomic E-state index is 0.0787. The second-order valence-corrected chi connectivity index (χ2v) is 3.59. The fourth-order valence-electron chi connectivity index (χ4n) is 1.36. The molecule has 0 aromatic heterocycles. The Labute approximate surface area is 81.7 Å². The Morgan fingerprint density at radius 2 is 1.57 bits per heavy atom. The zero-order chi connectivity index (χ0) is 10.9. The number of rotatable bonds is 2. The number of hydrogen-bond acceptors (Lipinski definition) is 1. The lowest BCUT2D eigenvalue weighted by molar-refractivity contribution is 0.0221. The van der Waals surface area contributed by atoms with E-state index < -0.39 is 11.7 Å². The Kier molecular flexibility index (Phi) is 2.69. The summed E-state index contributed by atoms with van der Waals surface area (Å²) >= 11 is 0. The first-order chi connectivity index (χ1) is 6.30. The summed E-state index contributed by atoms with van der Waals surface area (Å²) in [4.78, 5) is 11.2. The molecule has 0 amide bonds. The minimum Gasteiger partial charge on any atom is -0.287 e. The van der Waals surface area contributed by atoms with E-state index in [1.54, 1.807) is 13.8 Å². The van der Waals surface area contributed by atoms with Crippen molar-refractivity contribution in [3.05, 3.63) is 34.9 Å². The number of alkyl halides is 2. The summed E-state index contributed by atoms with van der Waals surface area (Å²) in [6.45, 7) is 4.17. The van der Waals surface area contributed by atoms with Crippen molar-refractivity contribution < 1.29 is 13.6 Å². The standard InChI is InChI=1S/C11H12F2O/c1-7-4-8(2)6-9(5-7)10(14)11(3,12)13/h4-6H,1-3H3. The predicted molar refractivity (Wildman–Crippen MR) is 50.9 cm³/mol. The highest BCUT2D eigenvalue weighted by atomic mass is 19.3. The molecule has 0 radical (unpaired) electrons. The van der Waals surface area contributed by atoms with Gasteiger partial charge >= 0.3 is 5.92 Å². The van der Waals surface area contributed by atoms with Gasteiger partial charge in [-0.05, 0) is 26.0 Å². The van der Waals surface area contributed by atoms with E-state index >= 15 is 0 Å². The number of carbonyl (C=O) groups excluding carboxylic acids is 1. The summed E-state index contributed by atoms with van der Waals surface area (Å²) in [5, 5.41) is 0. The van der Waals surface area contributed by atoms with Gasteiger partial charge in [0, 0.05) is 12.5 Å². The highest BCUT2D eigenvalue weighted by Gasteiger charge is 2.33. The molecule has 0 aliphatic rings. The van der Waals surface area contributed by atoms with E-state index in [0.717, 1.165) is 11.1 Å². The Morgan fingerprint density at radius 3 is 1.93 bits per heavy atom. The third-order valence-electron chi connectivity index (χ3n) is 1.88. The molecule has 0 N–H and O–H groups in total. The molecule has 0 spiro atoms. The van der Waals surface area contributed by atoms with Gasteiger partial charge in [-0.1, -0.05) is 17.2 Å². The molecule has 14 heavy (non-hydrogen) atoms. The number of ketones is 1. The second-order valence-electron chi connectivity index (χ2n) is 3.59. The molecule has 1 aromatic carbocycles. The summed E-state index contributed by atoms with van der Waals surface area (Å²) in [6.07, 6.45) is 0. The van der Waals surface area contributed by atoms with Gasteiger partial charge in [0.2, 0.25) is 5.78 Å². The molecule has 3 heteroatoms. The first kappa shape index (κ1) is 10.8. The van der Waals surface area contributed by atoms with Gasteiger partial charge in [0.05, 0.1) is 0 Å². The van der Waals surface area contributed by atoms with Crippen LogP contribution in [0.25, 0.3) is 0 Å². The van der Waals surface area contributed by atoms with Crippen LogP contribution in [0.2, 0.25) is 0 Å². The molecule has 0 bridgehead atoms. The maximum atomic E-state index is 12.7. The summed E-state index contributed by atoms with van der Waals surface area (Å²) in [5.41, 5.74) is 1.71. The van der Waals surface area contributed by atoms with Crippen molar-refractivity contribution in [1.82, 2.24) is 0 Å². The number of Topliss-reactive ketones (excluding diaryl/α,β-unsaturated/α-hetero) is 1. The average Bonchev–Trinajstić information content (AvgIpc) is 1.99. The van der Waals surface area contributed by atoms with Gasteiger partial charge in [0.1, 0.15) is 0 Å². The molecular formula is C11H12F2O. The normalized spacial score (nSPS) is 11.5. The summed E-state index contributed by atoms with van der Waals surface area (Å²) < 4.78 is 25.4. The first-order valence-electron chi connectivity index (χ1n) is 4.31. The number of hydrogen-bond donors (Lipinski definition) is 0. The van der Waals surface area contributed by atoms with E-state index in [-0.39, 0.29) is 5.56 Å². The van der Waals surface area contributed by atoms with Crippen molar-refractivity contribution in [3.63, 3.8) is 0 Å². The largest absolute Gasteiger partial charge is 0.307 e. The smallest absolute Gasteiger partial charge is 0.287 e. The highest BCUT2D eigenvalue weighted by molar-refractivity contribution is 6.01. The Hall–Kier alpha value is -1.25. The number of benzene rings is 1. The maximum Gasteiger partial charge on any atom is 0.307 e. The predicted octanol–water partition coefficient (Wildman–Crippen LogP) is 3.14. The molecule has 0 fully saturated rings. The lowest BCUT2D eigenvalue weighted by Crippen LogP contribution is -2.24. The van der Waals surface area contributed by atoms with Crippen LogP contribution in [0.15, 0.2) is 18.2 Å². The van der Waals surface area contributed by atoms with Gasteiger partial charge < -0.3 is 0 Å². The number of carbonyl (C=O) groups is 1. The molecule has 0 heterocycles. The summed E-state index contributed by atoms with van der Waals surface area (Å²) in [5.74, 6) is -4.41. The van der Waals surface area contributed by atoms with Gasteiger partial charge in [-0.2, -0.15) is 8.78 Å². The maximum absolute atomic E-state index is 12.7. The molecule has 0 saturated heterocycles. The van der Waals surface area contributed by atoms with Crippen molar-refractivity contribution in [1.29, 1.82) is 0 Å². The molecule has 0 aliphatic heterocycles. The molecular weight excluding hydrogens is 186 g/mol. The van der Waals surface area contributed by atoms with Gasteiger partial charge in [-0.3, -0.25) is 4.79 Å². The number of halogens is 2. The summed E-state index contributed by atoms with van der Waals surface area (Å²) in [7, 11) is 0. The van der Waals surface area contributed by atoms with Crippen LogP contribution in [0.1, 0.15) is 28.4 Å². The van der Waals surface area contributed by atoms with Gasteiger partial charge in [0.15, 0.2) is 0 Å². The van der Waals surface area contributed by atoms with E-state index in [1.807, 2.05) is 6.07 Å². The van der Waals surface area contributed by atoms with E-state index in [4.69, 9.17) is 0 Å². The monoisotopic (exact) mass is 198 g/mol. The molecule has 0 saturated carbocycles. The third kappa shape index (κ3) is 2.37. The fraction of sp³-hybridized carbons (Fsp3) is 0.364. The van der Waals surface area contributed by atoms with Crippen LogP contribution in [-0.2, 0) is 0 Å². The lowest BCUT2D eigenvalue weighted by Gasteiger charge is -2.09. The Morgan fingerprint density at radius 1 is 1.14 bits per heavy atom. The fourth-order valence-corrected chi connectivity index (χ4v) is 1.36. The van der Waals surface area contributed by atoms with E-state index in [0.29, 0.717) is 6.92 Å². The van der Waals surface area contributed by atoms with Crippen molar-refractivity contribution in [2.45, 2.75) is 26.7 Å². The van der Waals surface area contributed by atoms with Crippen molar-refractivity contribution in [2.24, 2.45) is 0 Å². The average molecular weight is 198 g/mol. The lowest BCUT2D eigenvalue weighted by atomic mass is 10.0. The second kappa shape index (κ2) is 3.48. The van der Waals surface area contributed by atoms with E-state index in [9.17, 15) is 13.6 Å².